The number of aromatic nitrogens is 1. The monoisotopic (exact) mass is 347 g/mol. The van der Waals surface area contributed by atoms with Gasteiger partial charge in [-0.2, -0.15) is 13.2 Å². The molecule has 6 heteroatoms. The van der Waals surface area contributed by atoms with E-state index in [4.69, 9.17) is 0 Å². The van der Waals surface area contributed by atoms with Crippen LogP contribution in [0.25, 0.3) is 22.0 Å². The molecule has 0 saturated carbocycles. The summed E-state index contributed by atoms with van der Waals surface area (Å²) in [5.74, 6) is -1.03. The lowest BCUT2D eigenvalue weighted by Gasteiger charge is -2.11. The van der Waals surface area contributed by atoms with Gasteiger partial charge in [0.05, 0.1) is 11.1 Å². The van der Waals surface area contributed by atoms with E-state index in [9.17, 15) is 23.1 Å². The highest BCUT2D eigenvalue weighted by atomic mass is 19.4. The minimum absolute atomic E-state index is 0.0207. The zero-order chi connectivity index (χ0) is 18.4. The maximum absolute atomic E-state index is 12.9. The van der Waals surface area contributed by atoms with Crippen molar-refractivity contribution in [2.75, 3.05) is 0 Å². The molecule has 2 aromatic carbocycles. The Kier molecular flexibility index (Phi) is 4.06. The number of carboxylic acids is 1. The van der Waals surface area contributed by atoms with E-state index in [0.717, 1.165) is 12.1 Å². The molecule has 3 aromatic rings. The number of fused-ring (bicyclic) bond motifs is 1. The third-order valence-corrected chi connectivity index (χ3v) is 4.14. The molecule has 0 aliphatic carbocycles. The Morgan fingerprint density at radius 3 is 2.36 bits per heavy atom. The van der Waals surface area contributed by atoms with Gasteiger partial charge in [0.25, 0.3) is 0 Å². The third kappa shape index (κ3) is 3.12. The third-order valence-electron chi connectivity index (χ3n) is 4.14. The standard InChI is InChI=1S/C19H16F3NO2/c1-11(2)23-10-16(18(24)25)15-7-6-13(9-17(15)23)12-4-3-5-14(8-12)19(20,21)22/h3-11H,1-2H3,(H,24,25). The number of hydrogen-bond acceptors (Lipinski definition) is 1. The maximum Gasteiger partial charge on any atom is 0.416 e. The number of carboxylic acid groups (broad SMARTS) is 1. The number of rotatable bonds is 3. The second-order valence-corrected chi connectivity index (χ2v) is 6.16. The van der Waals surface area contributed by atoms with Crippen LogP contribution in [0.15, 0.2) is 48.7 Å². The number of aromatic carboxylic acids is 1. The topological polar surface area (TPSA) is 42.2 Å². The van der Waals surface area contributed by atoms with E-state index in [1.807, 2.05) is 18.4 Å². The van der Waals surface area contributed by atoms with Crippen LogP contribution in [-0.2, 0) is 6.18 Å². The van der Waals surface area contributed by atoms with E-state index in [2.05, 4.69) is 0 Å². The van der Waals surface area contributed by atoms with E-state index in [0.29, 0.717) is 22.0 Å². The molecule has 0 unspecified atom stereocenters. The smallest absolute Gasteiger partial charge is 0.416 e. The van der Waals surface area contributed by atoms with Gasteiger partial charge in [0, 0.05) is 23.1 Å². The first-order chi connectivity index (χ1) is 11.7. The molecular weight excluding hydrogens is 331 g/mol. The van der Waals surface area contributed by atoms with Gasteiger partial charge in [-0.25, -0.2) is 4.79 Å². The summed E-state index contributed by atoms with van der Waals surface area (Å²) in [5, 5.41) is 9.92. The summed E-state index contributed by atoms with van der Waals surface area (Å²) < 4.78 is 40.6. The van der Waals surface area contributed by atoms with Crippen molar-refractivity contribution < 1.29 is 23.1 Å². The van der Waals surface area contributed by atoms with Crippen LogP contribution in [-0.4, -0.2) is 15.6 Å². The van der Waals surface area contributed by atoms with Crippen LogP contribution in [0.5, 0.6) is 0 Å². The van der Waals surface area contributed by atoms with E-state index in [1.54, 1.807) is 30.5 Å². The molecule has 25 heavy (non-hydrogen) atoms. The van der Waals surface area contributed by atoms with Crippen molar-refractivity contribution >= 4 is 16.9 Å². The molecule has 0 radical (unpaired) electrons. The molecule has 1 heterocycles. The molecule has 3 nitrogen and oxygen atoms in total. The molecular formula is C19H16F3NO2. The number of halogens is 3. The molecule has 0 fully saturated rings. The summed E-state index contributed by atoms with van der Waals surface area (Å²) in [6, 6.07) is 10.2. The predicted molar refractivity (Wildman–Crippen MR) is 89.7 cm³/mol. The zero-order valence-electron chi connectivity index (χ0n) is 13.6. The Morgan fingerprint density at radius 1 is 1.08 bits per heavy atom. The summed E-state index contributed by atoms with van der Waals surface area (Å²) in [4.78, 5) is 11.4. The van der Waals surface area contributed by atoms with Gasteiger partial charge in [0.1, 0.15) is 0 Å². The van der Waals surface area contributed by atoms with Crippen LogP contribution in [0.3, 0.4) is 0 Å². The Balaban J connectivity index is 2.19. The molecule has 0 amide bonds. The van der Waals surface area contributed by atoms with E-state index in [1.165, 1.54) is 6.07 Å². The average Bonchev–Trinajstić information content (AvgIpc) is 2.93. The summed E-state index contributed by atoms with van der Waals surface area (Å²) >= 11 is 0. The first-order valence-corrected chi connectivity index (χ1v) is 7.74. The Labute approximate surface area is 142 Å². The van der Waals surface area contributed by atoms with E-state index in [-0.39, 0.29) is 11.6 Å². The Morgan fingerprint density at radius 2 is 1.76 bits per heavy atom. The average molecular weight is 347 g/mol. The number of alkyl halides is 3. The van der Waals surface area contributed by atoms with Crippen LogP contribution in [0, 0.1) is 0 Å². The Bertz CT molecular complexity index is 955. The predicted octanol–water partition coefficient (Wildman–Crippen LogP) is 5.61. The van der Waals surface area contributed by atoms with E-state index >= 15 is 0 Å². The van der Waals surface area contributed by atoms with Crippen molar-refractivity contribution in [3.05, 3.63) is 59.8 Å². The molecule has 1 aromatic heterocycles. The minimum atomic E-state index is -4.41. The van der Waals surface area contributed by atoms with Crippen LogP contribution in [0.4, 0.5) is 13.2 Å². The SMILES string of the molecule is CC(C)n1cc(C(=O)O)c2ccc(-c3cccc(C(F)(F)F)c3)cc21. The van der Waals surface area contributed by atoms with E-state index < -0.39 is 17.7 Å². The first-order valence-electron chi connectivity index (χ1n) is 7.74. The number of carbonyl (C=O) groups is 1. The van der Waals surface area contributed by atoms with Gasteiger partial charge in [-0.3, -0.25) is 0 Å². The molecule has 0 aliphatic rings. The largest absolute Gasteiger partial charge is 0.478 e. The van der Waals surface area contributed by atoms with Crippen LogP contribution in [0.2, 0.25) is 0 Å². The fourth-order valence-electron chi connectivity index (χ4n) is 2.90. The summed E-state index contributed by atoms with van der Waals surface area (Å²) in [6.07, 6.45) is -2.84. The maximum atomic E-state index is 12.9. The van der Waals surface area contributed by atoms with Gasteiger partial charge >= 0.3 is 12.1 Å². The summed E-state index contributed by atoms with van der Waals surface area (Å²) in [5.41, 5.74) is 1.19. The Hall–Kier alpha value is -2.76. The first kappa shape index (κ1) is 17.1. The number of benzene rings is 2. The zero-order valence-corrected chi connectivity index (χ0v) is 13.6. The quantitative estimate of drug-likeness (QED) is 0.669. The van der Waals surface area contributed by atoms with Gasteiger partial charge in [-0.05, 0) is 43.2 Å². The van der Waals surface area contributed by atoms with Gasteiger partial charge in [0.15, 0.2) is 0 Å². The van der Waals surface area contributed by atoms with Crippen LogP contribution >= 0.6 is 0 Å². The van der Waals surface area contributed by atoms with Crippen LogP contribution in [0.1, 0.15) is 35.8 Å². The molecule has 0 spiro atoms. The van der Waals surface area contributed by atoms with Crippen molar-refractivity contribution in [1.29, 1.82) is 0 Å². The lowest BCUT2D eigenvalue weighted by molar-refractivity contribution is -0.137. The highest BCUT2D eigenvalue weighted by molar-refractivity contribution is 6.04. The normalized spacial score (nSPS) is 12.1. The molecule has 3 rings (SSSR count). The van der Waals surface area contributed by atoms with Gasteiger partial charge in [-0.1, -0.05) is 24.3 Å². The number of hydrogen-bond donors (Lipinski definition) is 1. The highest BCUT2D eigenvalue weighted by Crippen LogP contribution is 2.34. The van der Waals surface area contributed by atoms with Crippen molar-refractivity contribution in [1.82, 2.24) is 4.57 Å². The lowest BCUT2D eigenvalue weighted by atomic mass is 10.0. The molecule has 0 bridgehead atoms. The highest BCUT2D eigenvalue weighted by Gasteiger charge is 2.30. The van der Waals surface area contributed by atoms with Crippen molar-refractivity contribution in [2.24, 2.45) is 0 Å². The van der Waals surface area contributed by atoms with Crippen LogP contribution < -0.4 is 0 Å². The molecule has 0 atom stereocenters. The molecule has 1 N–H and O–H groups in total. The fourth-order valence-corrected chi connectivity index (χ4v) is 2.90. The lowest BCUT2D eigenvalue weighted by Crippen LogP contribution is -2.04. The number of nitrogens with zero attached hydrogens (tertiary/aromatic N) is 1. The minimum Gasteiger partial charge on any atom is -0.478 e. The fraction of sp³-hybridized carbons (Fsp3) is 0.211. The summed E-state index contributed by atoms with van der Waals surface area (Å²) in [7, 11) is 0. The van der Waals surface area contributed by atoms with Crippen molar-refractivity contribution in [3.63, 3.8) is 0 Å². The second kappa shape index (κ2) is 5.95. The van der Waals surface area contributed by atoms with Crippen molar-refractivity contribution in [2.45, 2.75) is 26.1 Å². The van der Waals surface area contributed by atoms with Gasteiger partial charge < -0.3 is 9.67 Å². The van der Waals surface area contributed by atoms with Crippen molar-refractivity contribution in [3.8, 4) is 11.1 Å². The summed E-state index contributed by atoms with van der Waals surface area (Å²) in [6.45, 7) is 3.84. The molecule has 130 valence electrons. The second-order valence-electron chi connectivity index (χ2n) is 6.16. The molecule has 0 aliphatic heterocycles. The van der Waals surface area contributed by atoms with Gasteiger partial charge in [0.2, 0.25) is 0 Å². The van der Waals surface area contributed by atoms with Gasteiger partial charge in [-0.15, -0.1) is 0 Å². The molecule has 0 saturated heterocycles.